The number of amides is 2. The van der Waals surface area contributed by atoms with E-state index in [0.717, 1.165) is 32.7 Å². The summed E-state index contributed by atoms with van der Waals surface area (Å²) < 4.78 is 5.21. The largest absolute Gasteiger partial charge is 0.496 e. The molecule has 2 aromatic carbocycles. The third kappa shape index (κ3) is 5.81. The smallest absolute Gasteiger partial charge is 0.255 e. The van der Waals surface area contributed by atoms with Crippen molar-refractivity contribution in [2.24, 2.45) is 0 Å². The van der Waals surface area contributed by atoms with Gasteiger partial charge in [0.25, 0.3) is 5.91 Å². The van der Waals surface area contributed by atoms with Gasteiger partial charge in [-0.15, -0.1) is 0 Å². The van der Waals surface area contributed by atoms with Crippen LogP contribution in [0, 0.1) is 6.92 Å². The summed E-state index contributed by atoms with van der Waals surface area (Å²) in [6.07, 6.45) is 0.304. The lowest BCUT2D eigenvalue weighted by Gasteiger charge is -2.35. The maximum absolute atomic E-state index is 12.5. The summed E-state index contributed by atoms with van der Waals surface area (Å²) in [4.78, 5) is 29.0. The second-order valence-electron chi connectivity index (χ2n) is 7.35. The lowest BCUT2D eigenvalue weighted by Crippen LogP contribution is -2.48. The van der Waals surface area contributed by atoms with Gasteiger partial charge in [-0.25, -0.2) is 0 Å². The number of benzene rings is 2. The molecule has 154 valence electrons. The van der Waals surface area contributed by atoms with Crippen molar-refractivity contribution in [3.63, 3.8) is 0 Å². The molecule has 0 aromatic heterocycles. The maximum atomic E-state index is 12.5. The van der Waals surface area contributed by atoms with Gasteiger partial charge in [0.15, 0.2) is 0 Å². The Labute approximate surface area is 172 Å². The Morgan fingerprint density at radius 1 is 1.03 bits per heavy atom. The van der Waals surface area contributed by atoms with Gasteiger partial charge in [-0.05, 0) is 24.6 Å². The second-order valence-corrected chi connectivity index (χ2v) is 7.35. The molecule has 0 saturated carbocycles. The quantitative estimate of drug-likeness (QED) is 0.782. The van der Waals surface area contributed by atoms with Gasteiger partial charge in [0.05, 0.1) is 12.7 Å². The van der Waals surface area contributed by atoms with Crippen LogP contribution >= 0.6 is 0 Å². The Hall–Kier alpha value is -2.86. The van der Waals surface area contributed by atoms with Crippen LogP contribution in [-0.2, 0) is 11.3 Å². The highest BCUT2D eigenvalue weighted by Crippen LogP contribution is 2.17. The van der Waals surface area contributed by atoms with Gasteiger partial charge in [0, 0.05) is 45.7 Å². The van der Waals surface area contributed by atoms with Gasteiger partial charge in [0.1, 0.15) is 5.75 Å². The summed E-state index contributed by atoms with van der Waals surface area (Å²) in [6, 6.07) is 15.6. The van der Waals surface area contributed by atoms with Gasteiger partial charge in [-0.1, -0.05) is 42.0 Å². The lowest BCUT2D eigenvalue weighted by atomic mass is 10.1. The van der Waals surface area contributed by atoms with E-state index >= 15 is 0 Å². The average Bonchev–Trinajstić information content (AvgIpc) is 2.74. The standard InChI is InChI=1S/C23H29N3O3/c1-18-6-5-7-19(16-18)17-25-12-14-26(15-13-25)22(27)10-11-24-23(28)20-8-3-4-9-21(20)29-2/h3-9,16H,10-15,17H2,1-2H3,(H,24,28). The van der Waals surface area contributed by atoms with E-state index in [1.165, 1.54) is 18.2 Å². The number of nitrogens with one attached hydrogen (secondary N) is 1. The van der Waals surface area contributed by atoms with E-state index in [0.29, 0.717) is 24.3 Å². The van der Waals surface area contributed by atoms with E-state index in [2.05, 4.69) is 41.4 Å². The lowest BCUT2D eigenvalue weighted by molar-refractivity contribution is -0.132. The molecule has 2 aromatic rings. The van der Waals surface area contributed by atoms with E-state index in [9.17, 15) is 9.59 Å². The van der Waals surface area contributed by atoms with Crippen molar-refractivity contribution in [3.05, 3.63) is 65.2 Å². The number of carbonyl (C=O) groups is 2. The molecule has 6 heteroatoms. The Morgan fingerprint density at radius 3 is 2.52 bits per heavy atom. The van der Waals surface area contributed by atoms with Crippen LogP contribution in [0.15, 0.2) is 48.5 Å². The second kappa shape index (κ2) is 10.1. The number of piperazine rings is 1. The number of rotatable bonds is 7. The predicted molar refractivity (Wildman–Crippen MR) is 113 cm³/mol. The van der Waals surface area contributed by atoms with Gasteiger partial charge < -0.3 is 15.0 Å². The van der Waals surface area contributed by atoms with Gasteiger partial charge in [-0.2, -0.15) is 0 Å². The number of carbonyl (C=O) groups excluding carboxylic acids is 2. The van der Waals surface area contributed by atoms with Gasteiger partial charge in [0.2, 0.25) is 5.91 Å². The van der Waals surface area contributed by atoms with Crippen LogP contribution < -0.4 is 10.1 Å². The van der Waals surface area contributed by atoms with Crippen LogP contribution in [-0.4, -0.2) is 61.4 Å². The highest BCUT2D eigenvalue weighted by Gasteiger charge is 2.21. The number of ether oxygens (including phenoxy) is 1. The summed E-state index contributed by atoms with van der Waals surface area (Å²) >= 11 is 0. The van der Waals surface area contributed by atoms with Crippen molar-refractivity contribution in [2.45, 2.75) is 19.9 Å². The molecule has 2 amide bonds. The Morgan fingerprint density at radius 2 is 1.79 bits per heavy atom. The fourth-order valence-corrected chi connectivity index (χ4v) is 3.59. The first-order valence-electron chi connectivity index (χ1n) is 10.0. The fraction of sp³-hybridized carbons (Fsp3) is 0.391. The van der Waals surface area contributed by atoms with Crippen LogP contribution in [0.2, 0.25) is 0 Å². The van der Waals surface area contributed by atoms with Gasteiger partial charge in [-0.3, -0.25) is 14.5 Å². The Kier molecular flexibility index (Phi) is 7.25. The van der Waals surface area contributed by atoms with Crippen molar-refractivity contribution in [3.8, 4) is 5.75 Å². The summed E-state index contributed by atoms with van der Waals surface area (Å²) in [5, 5.41) is 2.81. The molecule has 1 fully saturated rings. The first-order chi connectivity index (χ1) is 14.1. The third-order valence-corrected chi connectivity index (χ3v) is 5.19. The zero-order valence-corrected chi connectivity index (χ0v) is 17.2. The Balaban J connectivity index is 1.40. The first kappa shape index (κ1) is 20.9. The number of hydrogen-bond acceptors (Lipinski definition) is 4. The molecule has 1 N–H and O–H groups in total. The van der Waals surface area contributed by atoms with Crippen molar-refractivity contribution in [1.82, 2.24) is 15.1 Å². The topological polar surface area (TPSA) is 61.9 Å². The highest BCUT2D eigenvalue weighted by molar-refractivity contribution is 5.97. The molecule has 0 radical (unpaired) electrons. The molecule has 0 bridgehead atoms. The van der Waals surface area contributed by atoms with Crippen molar-refractivity contribution in [2.75, 3.05) is 39.8 Å². The Bertz CT molecular complexity index is 845. The molecule has 0 spiro atoms. The number of para-hydroxylation sites is 1. The van der Waals surface area contributed by atoms with E-state index in [1.54, 1.807) is 18.2 Å². The number of hydrogen-bond donors (Lipinski definition) is 1. The normalized spacial score (nSPS) is 14.5. The summed E-state index contributed by atoms with van der Waals surface area (Å²) in [6.45, 7) is 6.53. The molecule has 0 unspecified atom stereocenters. The number of methoxy groups -OCH3 is 1. The van der Waals surface area contributed by atoms with E-state index in [4.69, 9.17) is 4.74 Å². The number of nitrogens with zero attached hydrogens (tertiary/aromatic N) is 2. The van der Waals surface area contributed by atoms with Crippen LogP contribution in [0.3, 0.4) is 0 Å². The first-order valence-corrected chi connectivity index (χ1v) is 10.0. The van der Waals surface area contributed by atoms with Crippen molar-refractivity contribution >= 4 is 11.8 Å². The molecule has 29 heavy (non-hydrogen) atoms. The predicted octanol–water partition coefficient (Wildman–Crippen LogP) is 2.47. The highest BCUT2D eigenvalue weighted by atomic mass is 16.5. The van der Waals surface area contributed by atoms with Gasteiger partial charge >= 0.3 is 0 Å². The molecule has 3 rings (SSSR count). The number of aryl methyl sites for hydroxylation is 1. The molecule has 1 saturated heterocycles. The minimum absolute atomic E-state index is 0.0838. The van der Waals surface area contributed by atoms with Crippen molar-refractivity contribution < 1.29 is 14.3 Å². The molecule has 1 aliphatic rings. The SMILES string of the molecule is COc1ccccc1C(=O)NCCC(=O)N1CCN(Cc2cccc(C)c2)CC1. The van der Waals surface area contributed by atoms with Crippen LogP contribution in [0.4, 0.5) is 0 Å². The molecule has 1 aliphatic heterocycles. The monoisotopic (exact) mass is 395 g/mol. The van der Waals surface area contributed by atoms with Crippen LogP contribution in [0.5, 0.6) is 5.75 Å². The summed E-state index contributed by atoms with van der Waals surface area (Å²) in [7, 11) is 1.54. The zero-order chi connectivity index (χ0) is 20.6. The molecular formula is C23H29N3O3. The minimum atomic E-state index is -0.224. The maximum Gasteiger partial charge on any atom is 0.255 e. The average molecular weight is 396 g/mol. The fourth-order valence-electron chi connectivity index (χ4n) is 3.59. The summed E-state index contributed by atoms with van der Waals surface area (Å²) in [5.41, 5.74) is 3.06. The van der Waals surface area contributed by atoms with Crippen LogP contribution in [0.25, 0.3) is 0 Å². The third-order valence-electron chi connectivity index (χ3n) is 5.19. The molecule has 6 nitrogen and oxygen atoms in total. The van der Waals surface area contributed by atoms with E-state index in [1.807, 2.05) is 11.0 Å². The molecule has 1 heterocycles. The zero-order valence-electron chi connectivity index (χ0n) is 17.2. The minimum Gasteiger partial charge on any atom is -0.496 e. The van der Waals surface area contributed by atoms with Crippen LogP contribution in [0.1, 0.15) is 27.9 Å². The van der Waals surface area contributed by atoms with E-state index in [-0.39, 0.29) is 11.8 Å². The molecule has 0 aliphatic carbocycles. The summed E-state index contributed by atoms with van der Waals surface area (Å²) in [5.74, 6) is 0.389. The van der Waals surface area contributed by atoms with E-state index < -0.39 is 0 Å². The molecule has 0 atom stereocenters. The molecular weight excluding hydrogens is 366 g/mol. The van der Waals surface area contributed by atoms with Crippen molar-refractivity contribution in [1.29, 1.82) is 0 Å².